The van der Waals surface area contributed by atoms with E-state index in [1.807, 2.05) is 0 Å². The van der Waals surface area contributed by atoms with Gasteiger partial charge in [0.25, 0.3) is 11.0 Å². The summed E-state index contributed by atoms with van der Waals surface area (Å²) in [5.41, 5.74) is 1.52. The maximum atomic E-state index is 10.8. The van der Waals surface area contributed by atoms with Gasteiger partial charge in [-0.1, -0.05) is 13.5 Å². The lowest BCUT2D eigenvalue weighted by Crippen LogP contribution is -2.29. The molecule has 0 bridgehead atoms. The first-order valence-electron chi connectivity index (χ1n) is 3.32. The van der Waals surface area contributed by atoms with Gasteiger partial charge in [-0.2, -0.15) is 8.42 Å². The summed E-state index contributed by atoms with van der Waals surface area (Å²) < 4.78 is 25.4. The van der Waals surface area contributed by atoms with Crippen molar-refractivity contribution in [3.63, 3.8) is 0 Å². The highest BCUT2D eigenvalue weighted by atomic mass is 32.2. The fraction of sp³-hybridized carbons (Fsp3) is 0.333. The van der Waals surface area contributed by atoms with Gasteiger partial charge in [-0.05, 0) is 6.08 Å². The number of amides is 1. The summed E-state index contributed by atoms with van der Waals surface area (Å²) in [4.78, 5) is 21.1. The molecule has 0 aromatic carbocycles. The first-order chi connectivity index (χ1) is 5.94. The number of carbonyl (C=O) groups excluding carboxylic acids is 2. The molecule has 0 heterocycles. The van der Waals surface area contributed by atoms with Crippen LogP contribution in [0.2, 0.25) is 0 Å². The molecule has 0 saturated heterocycles. The summed E-state index contributed by atoms with van der Waals surface area (Å²) in [6.07, 6.45) is 0.595. The van der Waals surface area contributed by atoms with E-state index in [2.05, 4.69) is 10.9 Å². The van der Waals surface area contributed by atoms with Gasteiger partial charge in [0.1, 0.15) is 0 Å². The third kappa shape index (κ3) is 3.81. The molecule has 0 aromatic rings. The summed E-state index contributed by atoms with van der Waals surface area (Å²) >= 11 is 0. The van der Waals surface area contributed by atoms with Crippen molar-refractivity contribution in [2.45, 2.75) is 13.3 Å². The Morgan fingerprint density at radius 2 is 2.08 bits per heavy atom. The standard InChI is InChI=1S/C6H9NO5S/c1-3-5(8)7-12-13(10,11)6(9)4-2/h3H,1,4H2,2H3,(H,7,8). The maximum absolute atomic E-state index is 10.8. The third-order valence-electron chi connectivity index (χ3n) is 1.00. The van der Waals surface area contributed by atoms with Crippen molar-refractivity contribution in [2.24, 2.45) is 0 Å². The average Bonchev–Trinajstić information content (AvgIpc) is 2.12. The first-order valence-corrected chi connectivity index (χ1v) is 4.73. The molecule has 0 fully saturated rings. The topological polar surface area (TPSA) is 89.5 Å². The molecule has 6 nitrogen and oxygen atoms in total. The SMILES string of the molecule is C=CC(=O)NOS(=O)(=O)C(=O)CC. The Morgan fingerprint density at radius 3 is 2.46 bits per heavy atom. The van der Waals surface area contributed by atoms with Crippen LogP contribution in [0.15, 0.2) is 12.7 Å². The van der Waals surface area contributed by atoms with Crippen molar-refractivity contribution in [2.75, 3.05) is 0 Å². The van der Waals surface area contributed by atoms with Crippen LogP contribution >= 0.6 is 0 Å². The van der Waals surface area contributed by atoms with Gasteiger partial charge in [0.2, 0.25) is 0 Å². The van der Waals surface area contributed by atoms with Gasteiger partial charge in [0.15, 0.2) is 0 Å². The molecule has 0 aliphatic carbocycles. The molecule has 74 valence electrons. The predicted octanol–water partition coefficient (Wildman–Crippen LogP) is -0.513. The Balaban J connectivity index is 4.28. The van der Waals surface area contributed by atoms with Gasteiger partial charge >= 0.3 is 10.1 Å². The highest BCUT2D eigenvalue weighted by Gasteiger charge is 2.21. The van der Waals surface area contributed by atoms with Crippen molar-refractivity contribution >= 4 is 21.1 Å². The minimum atomic E-state index is -4.33. The highest BCUT2D eigenvalue weighted by Crippen LogP contribution is 1.95. The zero-order chi connectivity index (χ0) is 10.5. The van der Waals surface area contributed by atoms with E-state index in [9.17, 15) is 18.0 Å². The largest absolute Gasteiger partial charge is 0.351 e. The Labute approximate surface area is 75.6 Å². The summed E-state index contributed by atoms with van der Waals surface area (Å²) in [7, 11) is -4.33. The molecule has 1 N–H and O–H groups in total. The molecule has 0 aliphatic rings. The zero-order valence-electron chi connectivity index (χ0n) is 6.94. The molecule has 7 heteroatoms. The minimum Gasteiger partial charge on any atom is -0.279 e. The normalized spacial score (nSPS) is 10.5. The molecule has 0 atom stereocenters. The van der Waals surface area contributed by atoms with Crippen LogP contribution in [0.1, 0.15) is 13.3 Å². The molecule has 0 aliphatic heterocycles. The van der Waals surface area contributed by atoms with E-state index in [1.54, 1.807) is 0 Å². The van der Waals surface area contributed by atoms with Gasteiger partial charge in [0, 0.05) is 6.42 Å². The number of nitrogens with one attached hydrogen (secondary N) is 1. The van der Waals surface area contributed by atoms with Gasteiger partial charge < -0.3 is 0 Å². The summed E-state index contributed by atoms with van der Waals surface area (Å²) in [6.45, 7) is 4.41. The van der Waals surface area contributed by atoms with Crippen LogP contribution in [0.3, 0.4) is 0 Å². The van der Waals surface area contributed by atoms with E-state index < -0.39 is 21.1 Å². The highest BCUT2D eigenvalue weighted by molar-refractivity contribution is 8.01. The monoisotopic (exact) mass is 207 g/mol. The molecule has 13 heavy (non-hydrogen) atoms. The van der Waals surface area contributed by atoms with Crippen molar-refractivity contribution in [1.29, 1.82) is 0 Å². The molecule has 1 amide bonds. The molecule has 0 spiro atoms. The van der Waals surface area contributed by atoms with E-state index in [0.29, 0.717) is 0 Å². The second-order valence-electron chi connectivity index (χ2n) is 1.93. The number of hydrogen-bond donors (Lipinski definition) is 1. The molecule has 0 unspecified atom stereocenters. The molecular formula is C6H9NO5S. The van der Waals surface area contributed by atoms with Crippen LogP contribution in [0.5, 0.6) is 0 Å². The molecule has 0 radical (unpaired) electrons. The molecule has 0 aromatic heterocycles. The lowest BCUT2D eigenvalue weighted by molar-refractivity contribution is -0.122. The molecular weight excluding hydrogens is 198 g/mol. The van der Waals surface area contributed by atoms with Crippen molar-refractivity contribution in [3.05, 3.63) is 12.7 Å². The van der Waals surface area contributed by atoms with E-state index in [-0.39, 0.29) is 6.42 Å². The second kappa shape index (κ2) is 4.73. The van der Waals surface area contributed by atoms with E-state index in [1.165, 1.54) is 12.4 Å². The fourth-order valence-corrected chi connectivity index (χ4v) is 0.999. The van der Waals surface area contributed by atoms with Gasteiger partial charge in [0.05, 0.1) is 0 Å². The quantitative estimate of drug-likeness (QED) is 0.495. The van der Waals surface area contributed by atoms with Crippen LogP contribution in [0.25, 0.3) is 0 Å². The van der Waals surface area contributed by atoms with Crippen molar-refractivity contribution in [1.82, 2.24) is 5.48 Å². The van der Waals surface area contributed by atoms with Crippen LogP contribution in [0.4, 0.5) is 0 Å². The lowest BCUT2D eigenvalue weighted by Gasteiger charge is -2.01. The van der Waals surface area contributed by atoms with Crippen molar-refractivity contribution < 1.29 is 22.3 Å². The first kappa shape index (κ1) is 11.8. The van der Waals surface area contributed by atoms with Crippen molar-refractivity contribution in [3.8, 4) is 0 Å². The van der Waals surface area contributed by atoms with E-state index >= 15 is 0 Å². The number of hydroxylamine groups is 1. The van der Waals surface area contributed by atoms with E-state index in [0.717, 1.165) is 6.08 Å². The van der Waals surface area contributed by atoms with E-state index in [4.69, 9.17) is 0 Å². The van der Waals surface area contributed by atoms with Crippen LogP contribution in [0, 0.1) is 0 Å². The van der Waals surface area contributed by atoms with Gasteiger partial charge in [-0.25, -0.2) is 5.48 Å². The van der Waals surface area contributed by atoms with Gasteiger partial charge in [-0.3, -0.25) is 9.59 Å². The molecule has 0 saturated carbocycles. The Bertz CT molecular complexity index is 318. The molecule has 0 rings (SSSR count). The van der Waals surface area contributed by atoms with Gasteiger partial charge in [-0.15, -0.1) is 4.28 Å². The fourth-order valence-electron chi connectivity index (χ4n) is 0.361. The van der Waals surface area contributed by atoms with Crippen LogP contribution in [-0.2, 0) is 24.0 Å². The Kier molecular flexibility index (Phi) is 4.29. The third-order valence-corrected chi connectivity index (χ3v) is 2.15. The average molecular weight is 207 g/mol. The van der Waals surface area contributed by atoms with Crippen LogP contribution in [-0.4, -0.2) is 19.4 Å². The number of hydrogen-bond acceptors (Lipinski definition) is 5. The maximum Gasteiger partial charge on any atom is 0.351 e. The Morgan fingerprint density at radius 1 is 1.54 bits per heavy atom. The Hall–Kier alpha value is -1.21. The smallest absolute Gasteiger partial charge is 0.279 e. The number of rotatable bonds is 4. The number of carbonyl (C=O) groups is 2. The minimum absolute atomic E-state index is 0.216. The second-order valence-corrected chi connectivity index (χ2v) is 3.46. The van der Waals surface area contributed by atoms with Crippen LogP contribution < -0.4 is 5.48 Å². The summed E-state index contributed by atoms with van der Waals surface area (Å²) in [5, 5.41) is -1.10. The predicted molar refractivity (Wildman–Crippen MR) is 43.6 cm³/mol. The summed E-state index contributed by atoms with van der Waals surface area (Å²) in [6, 6.07) is 0. The summed E-state index contributed by atoms with van der Waals surface area (Å²) in [5.74, 6) is -0.840. The zero-order valence-corrected chi connectivity index (χ0v) is 7.76. The lowest BCUT2D eigenvalue weighted by atomic mass is 10.6.